The van der Waals surface area contributed by atoms with Gasteiger partial charge in [-0.2, -0.15) is 9.25 Å². The number of carbonyl (C=O) groups is 2. The molecule has 0 bridgehead atoms. The van der Waals surface area contributed by atoms with Gasteiger partial charge in [-0.1, -0.05) is 5.21 Å². The lowest BCUT2D eigenvalue weighted by Gasteiger charge is -2.35. The molecule has 11 heteroatoms. The number of aromatic nitrogens is 4. The maximum absolute atomic E-state index is 13.1. The molecule has 5 rings (SSSR count). The van der Waals surface area contributed by atoms with Gasteiger partial charge in [-0.3, -0.25) is 4.79 Å². The van der Waals surface area contributed by atoms with Gasteiger partial charge in [-0.15, -0.1) is 0 Å². The smallest absolute Gasteiger partial charge is 0.328 e. The predicted molar refractivity (Wildman–Crippen MR) is 101 cm³/mol. The quantitative estimate of drug-likeness (QED) is 0.447. The van der Waals surface area contributed by atoms with Crippen LogP contribution in [-0.2, 0) is 45.4 Å². The summed E-state index contributed by atoms with van der Waals surface area (Å²) < 4.78 is 28.1. The van der Waals surface area contributed by atoms with Crippen LogP contribution in [0.2, 0.25) is 0 Å². The maximum Gasteiger partial charge on any atom is 0.328 e. The van der Waals surface area contributed by atoms with Crippen molar-refractivity contribution in [1.29, 1.82) is 0 Å². The van der Waals surface area contributed by atoms with Crippen LogP contribution in [0.5, 0.6) is 0 Å². The molecule has 0 saturated carbocycles. The van der Waals surface area contributed by atoms with Gasteiger partial charge in [0.15, 0.2) is 34.0 Å². The summed E-state index contributed by atoms with van der Waals surface area (Å²) in [4.78, 5) is 24.8. The minimum atomic E-state index is -3.86. The Labute approximate surface area is 173 Å². The first-order valence-corrected chi connectivity index (χ1v) is 11.5. The number of carboxylic acids is 1. The lowest BCUT2D eigenvalue weighted by atomic mass is 9.96. The van der Waals surface area contributed by atoms with E-state index >= 15 is 0 Å². The molecule has 0 aromatic carbocycles. The molecule has 1 amide bonds. The molecular weight excluding hydrogens is 410 g/mol. The third-order valence-electron chi connectivity index (χ3n) is 6.63. The van der Waals surface area contributed by atoms with Gasteiger partial charge in [-0.25, -0.2) is 13.2 Å². The van der Waals surface area contributed by atoms with Crippen LogP contribution in [0.1, 0.15) is 36.7 Å². The second-order valence-corrected chi connectivity index (χ2v) is 11.0. The van der Waals surface area contributed by atoms with E-state index in [9.17, 15) is 23.1 Å². The summed E-state index contributed by atoms with van der Waals surface area (Å²) in [6.07, 6.45) is 6.77. The van der Waals surface area contributed by atoms with Crippen LogP contribution in [0.4, 0.5) is 0 Å². The van der Waals surface area contributed by atoms with Crippen LogP contribution in [0.25, 0.3) is 0 Å². The Hall–Kier alpha value is -2.82. The summed E-state index contributed by atoms with van der Waals surface area (Å²) >= 11 is 0. The SMILES string of the molecule is C[C@]1(C[n+]2cc(C[n+]3cccc4c3CCC4)n[nH]2)[C@H](C(=O)O)N2C(=O)C[C@H]2S1(=O)=O. The molecule has 0 spiro atoms. The minimum absolute atomic E-state index is 0.128. The molecule has 2 N–H and O–H groups in total. The minimum Gasteiger partial charge on any atom is -0.480 e. The van der Waals surface area contributed by atoms with Crippen molar-refractivity contribution in [3.63, 3.8) is 0 Å². The van der Waals surface area contributed by atoms with Crippen molar-refractivity contribution < 1.29 is 32.4 Å². The Bertz CT molecular complexity index is 1180. The van der Waals surface area contributed by atoms with E-state index < -0.39 is 37.9 Å². The molecule has 10 nitrogen and oxygen atoms in total. The summed E-state index contributed by atoms with van der Waals surface area (Å²) in [5.41, 5.74) is 3.33. The first kappa shape index (κ1) is 19.2. The number of carbonyl (C=O) groups excluding carboxylic acids is 1. The number of H-pyrrole nitrogens is 1. The van der Waals surface area contributed by atoms with E-state index in [2.05, 4.69) is 20.9 Å². The highest BCUT2D eigenvalue weighted by Crippen LogP contribution is 2.46. The fourth-order valence-corrected chi connectivity index (χ4v) is 7.45. The number of aromatic amines is 1. The molecule has 2 aromatic rings. The highest BCUT2D eigenvalue weighted by Gasteiger charge is 2.70. The summed E-state index contributed by atoms with van der Waals surface area (Å²) in [5, 5.41) is 15.7. The van der Waals surface area contributed by atoms with Crippen LogP contribution >= 0.6 is 0 Å². The van der Waals surface area contributed by atoms with Crippen LogP contribution in [0, 0.1) is 0 Å². The van der Waals surface area contributed by atoms with Gasteiger partial charge in [0.25, 0.3) is 5.69 Å². The molecule has 0 radical (unpaired) electrons. The monoisotopic (exact) mass is 433 g/mol. The molecule has 3 atom stereocenters. The Morgan fingerprint density at radius 3 is 2.97 bits per heavy atom. The Kier molecular flexibility index (Phi) is 4.05. The molecule has 4 heterocycles. The Morgan fingerprint density at radius 2 is 2.23 bits per heavy atom. The predicted octanol–water partition coefficient (Wildman–Crippen LogP) is -1.28. The molecule has 30 heavy (non-hydrogen) atoms. The van der Waals surface area contributed by atoms with Crippen LogP contribution in [-0.4, -0.2) is 56.8 Å². The molecule has 1 aliphatic carbocycles. The van der Waals surface area contributed by atoms with Gasteiger partial charge in [0, 0.05) is 23.1 Å². The number of amides is 1. The number of rotatable bonds is 5. The highest BCUT2D eigenvalue weighted by atomic mass is 32.2. The number of aliphatic carboxylic acids is 1. The second kappa shape index (κ2) is 6.34. The summed E-state index contributed by atoms with van der Waals surface area (Å²) in [7, 11) is -3.86. The number of fused-ring (bicyclic) bond motifs is 2. The van der Waals surface area contributed by atoms with Crippen LogP contribution in [0.3, 0.4) is 0 Å². The largest absolute Gasteiger partial charge is 0.480 e. The van der Waals surface area contributed by atoms with E-state index in [0.29, 0.717) is 12.2 Å². The van der Waals surface area contributed by atoms with Crippen molar-refractivity contribution >= 4 is 21.7 Å². The topological polar surface area (TPSA) is 128 Å². The van der Waals surface area contributed by atoms with E-state index in [-0.39, 0.29) is 13.0 Å². The third-order valence-corrected chi connectivity index (χ3v) is 9.39. The Morgan fingerprint density at radius 1 is 1.43 bits per heavy atom. The number of pyridine rings is 1. The molecule has 2 aliphatic heterocycles. The Balaban J connectivity index is 1.43. The number of sulfone groups is 1. The number of hydrogen-bond donors (Lipinski definition) is 2. The maximum atomic E-state index is 13.1. The molecule has 3 aliphatic rings. The zero-order valence-electron chi connectivity index (χ0n) is 16.5. The molecule has 158 valence electrons. The van der Waals surface area contributed by atoms with Crippen molar-refractivity contribution in [2.75, 3.05) is 0 Å². The van der Waals surface area contributed by atoms with Crippen LogP contribution in [0.15, 0.2) is 24.5 Å². The number of carboxylic acid groups (broad SMARTS) is 1. The summed E-state index contributed by atoms with van der Waals surface area (Å²) in [5.74, 6) is -1.75. The zero-order valence-corrected chi connectivity index (χ0v) is 17.3. The van der Waals surface area contributed by atoms with E-state index in [0.717, 1.165) is 24.2 Å². The summed E-state index contributed by atoms with van der Waals surface area (Å²) in [6.45, 7) is 1.81. The standard InChI is InChI=1S/C19H21N5O5S/c1-19(17(18(26)27)24-15(25)8-16(24)30(19,28)29)11-23-10-13(20-21-23)9-22-7-3-5-12-4-2-6-14(12)22/h3,5,7,10,16-17H,2,4,6,8-9,11H2,1H3/p+2/t16-,17+,19+/m1/s1. The average Bonchev–Trinajstić information content (AvgIpc) is 3.35. The third kappa shape index (κ3) is 2.54. The van der Waals surface area contributed by atoms with Gasteiger partial charge in [0.1, 0.15) is 16.7 Å². The number of aryl methyl sites for hydroxylation is 1. The first-order valence-electron chi connectivity index (χ1n) is 9.94. The van der Waals surface area contributed by atoms with Gasteiger partial charge in [-0.05, 0) is 25.8 Å². The molecule has 2 fully saturated rings. The summed E-state index contributed by atoms with van der Waals surface area (Å²) in [6, 6.07) is 2.72. The van der Waals surface area contributed by atoms with Crippen molar-refractivity contribution in [3.05, 3.63) is 41.5 Å². The van der Waals surface area contributed by atoms with E-state index in [4.69, 9.17) is 0 Å². The first-order chi connectivity index (χ1) is 14.2. The van der Waals surface area contributed by atoms with Gasteiger partial charge < -0.3 is 10.0 Å². The lowest BCUT2D eigenvalue weighted by Crippen LogP contribution is -2.60. The van der Waals surface area contributed by atoms with E-state index in [1.165, 1.54) is 22.9 Å². The van der Waals surface area contributed by atoms with Crippen LogP contribution < -0.4 is 9.25 Å². The average molecular weight is 433 g/mol. The van der Waals surface area contributed by atoms with Crippen molar-refractivity contribution in [1.82, 2.24) is 15.2 Å². The fraction of sp³-hybridized carbons (Fsp3) is 0.526. The normalized spacial score (nSPS) is 28.8. The van der Waals surface area contributed by atoms with E-state index in [1.54, 1.807) is 6.20 Å². The van der Waals surface area contributed by atoms with Crippen molar-refractivity contribution in [3.8, 4) is 0 Å². The number of nitrogens with one attached hydrogen (secondary N) is 1. The van der Waals surface area contributed by atoms with Gasteiger partial charge >= 0.3 is 5.97 Å². The number of β-lactam (4-membered cyclic amide) rings is 1. The number of nitrogens with zero attached hydrogens (tertiary/aromatic N) is 4. The second-order valence-electron chi connectivity index (χ2n) is 8.48. The zero-order chi connectivity index (χ0) is 21.3. The fourth-order valence-electron chi connectivity index (χ4n) is 5.08. The lowest BCUT2D eigenvalue weighted by molar-refractivity contribution is -0.757. The van der Waals surface area contributed by atoms with E-state index in [1.807, 2.05) is 12.3 Å². The van der Waals surface area contributed by atoms with Gasteiger partial charge in [0.05, 0.1) is 6.42 Å². The van der Waals surface area contributed by atoms with Crippen molar-refractivity contribution in [2.24, 2.45) is 0 Å². The van der Waals surface area contributed by atoms with Gasteiger partial charge in [0.2, 0.25) is 12.5 Å². The molecule has 0 unspecified atom stereocenters. The number of hydrogen-bond acceptors (Lipinski definition) is 5. The highest BCUT2D eigenvalue weighted by molar-refractivity contribution is 7.93. The molecule has 2 aromatic heterocycles. The molecule has 2 saturated heterocycles. The van der Waals surface area contributed by atoms with Crippen molar-refractivity contribution in [2.45, 2.75) is 61.9 Å². The molecular formula is C19H23N5O5S+2.